The number of fused-ring (bicyclic) bond motifs is 11. The van der Waals surface area contributed by atoms with Crippen molar-refractivity contribution in [2.45, 2.75) is 5.41 Å². The summed E-state index contributed by atoms with van der Waals surface area (Å²) in [5.74, 6) is 0. The highest BCUT2D eigenvalue weighted by Crippen LogP contribution is 2.64. The zero-order valence-corrected chi connectivity index (χ0v) is 35.6. The average Bonchev–Trinajstić information content (AvgIpc) is 3.39. The first kappa shape index (κ1) is 37.1. The van der Waals surface area contributed by atoms with Crippen LogP contribution in [0.15, 0.2) is 255 Å². The van der Waals surface area contributed by atoms with E-state index in [-0.39, 0.29) is 0 Å². The zero-order chi connectivity index (χ0) is 42.9. The quantitative estimate of drug-likeness (QED) is 0.160. The van der Waals surface area contributed by atoms with Crippen molar-refractivity contribution in [3.63, 3.8) is 0 Å². The lowest BCUT2D eigenvalue weighted by Crippen LogP contribution is -2.42. The van der Waals surface area contributed by atoms with Gasteiger partial charge in [0, 0.05) is 11.4 Å². The van der Waals surface area contributed by atoms with E-state index in [4.69, 9.17) is 0 Å². The Morgan fingerprint density at radius 3 is 1.15 bits per heavy atom. The standard InChI is InChI=1S/C63H42N2/c1-3-17-43(18-4-1)45-31-36-49(37-32-45)64-59-28-14-11-25-55(59)63(56-26-12-15-29-60(56)64)57-27-13-16-30-61(57)65(50-38-33-46(34-39-50)44-19-5-2-6-20-44)62-40-35-48(42-58(62)63)54-41-47-21-7-8-22-51(47)52-23-9-10-24-53(52)54/h1-42H. The molecule has 65 heavy (non-hydrogen) atoms. The summed E-state index contributed by atoms with van der Waals surface area (Å²) in [7, 11) is 0. The van der Waals surface area contributed by atoms with Gasteiger partial charge < -0.3 is 9.80 Å². The van der Waals surface area contributed by atoms with Crippen LogP contribution in [-0.4, -0.2) is 0 Å². The topological polar surface area (TPSA) is 6.48 Å². The molecule has 0 atom stereocenters. The Labute approximate surface area is 379 Å². The van der Waals surface area contributed by atoms with E-state index in [1.807, 2.05) is 0 Å². The van der Waals surface area contributed by atoms with Crippen LogP contribution in [0, 0.1) is 0 Å². The predicted molar refractivity (Wildman–Crippen MR) is 273 cm³/mol. The minimum Gasteiger partial charge on any atom is -0.310 e. The highest BCUT2D eigenvalue weighted by molar-refractivity contribution is 6.14. The molecule has 13 rings (SSSR count). The maximum Gasteiger partial charge on any atom is 0.0783 e. The molecular formula is C63H42N2. The summed E-state index contributed by atoms with van der Waals surface area (Å²) < 4.78 is 0. The molecule has 1 spiro atoms. The molecule has 2 nitrogen and oxygen atoms in total. The monoisotopic (exact) mass is 826 g/mol. The van der Waals surface area contributed by atoms with Crippen molar-refractivity contribution in [2.75, 3.05) is 9.80 Å². The molecule has 0 aliphatic carbocycles. The van der Waals surface area contributed by atoms with Gasteiger partial charge in [-0.25, -0.2) is 0 Å². The Balaban J connectivity index is 1.09. The van der Waals surface area contributed by atoms with E-state index in [1.165, 1.54) is 94.2 Å². The Hall–Kier alpha value is -8.46. The minimum absolute atomic E-state index is 0.678. The summed E-state index contributed by atoms with van der Waals surface area (Å²) in [5, 5.41) is 5.02. The molecular weight excluding hydrogens is 785 g/mol. The second kappa shape index (κ2) is 14.8. The van der Waals surface area contributed by atoms with E-state index < -0.39 is 5.41 Å². The summed E-state index contributed by atoms with van der Waals surface area (Å²) in [5.41, 5.74) is 18.5. The van der Waals surface area contributed by atoms with Crippen LogP contribution in [0.3, 0.4) is 0 Å². The number of benzene rings is 11. The molecule has 2 aliphatic heterocycles. The molecule has 0 radical (unpaired) electrons. The van der Waals surface area contributed by atoms with Crippen molar-refractivity contribution in [1.29, 1.82) is 0 Å². The predicted octanol–water partition coefficient (Wildman–Crippen LogP) is 16.9. The van der Waals surface area contributed by atoms with Gasteiger partial charge in [-0.05, 0) is 138 Å². The fourth-order valence-corrected chi connectivity index (χ4v) is 11.0. The van der Waals surface area contributed by atoms with Crippen LogP contribution in [0.1, 0.15) is 22.3 Å². The fraction of sp³-hybridized carbons (Fsp3) is 0.0159. The van der Waals surface area contributed by atoms with Gasteiger partial charge in [-0.3, -0.25) is 0 Å². The van der Waals surface area contributed by atoms with Crippen LogP contribution in [0.4, 0.5) is 34.1 Å². The van der Waals surface area contributed by atoms with Crippen LogP contribution in [0.2, 0.25) is 0 Å². The van der Waals surface area contributed by atoms with Crippen molar-refractivity contribution < 1.29 is 0 Å². The average molecular weight is 827 g/mol. The first-order valence-electron chi connectivity index (χ1n) is 22.5. The zero-order valence-electron chi connectivity index (χ0n) is 35.6. The van der Waals surface area contributed by atoms with E-state index in [0.29, 0.717) is 0 Å². The molecule has 2 heteroatoms. The normalized spacial score (nSPS) is 13.3. The lowest BCUT2D eigenvalue weighted by molar-refractivity contribution is 0.719. The molecule has 0 fully saturated rings. The summed E-state index contributed by atoms with van der Waals surface area (Å²) in [6.07, 6.45) is 0. The molecule has 11 aromatic carbocycles. The highest BCUT2D eigenvalue weighted by atomic mass is 15.2. The van der Waals surface area contributed by atoms with Gasteiger partial charge in [-0.1, -0.05) is 194 Å². The Morgan fingerprint density at radius 1 is 0.246 bits per heavy atom. The largest absolute Gasteiger partial charge is 0.310 e. The first-order chi connectivity index (χ1) is 32.3. The third kappa shape index (κ3) is 5.67. The van der Waals surface area contributed by atoms with Crippen molar-refractivity contribution in [3.8, 4) is 33.4 Å². The van der Waals surface area contributed by atoms with Gasteiger partial charge in [0.25, 0.3) is 0 Å². The number of anilines is 6. The molecule has 0 amide bonds. The maximum atomic E-state index is 2.52. The summed E-state index contributed by atoms with van der Waals surface area (Å²) in [4.78, 5) is 4.97. The fourth-order valence-electron chi connectivity index (χ4n) is 11.0. The van der Waals surface area contributed by atoms with Gasteiger partial charge in [0.1, 0.15) is 0 Å². The Kier molecular flexibility index (Phi) is 8.47. The van der Waals surface area contributed by atoms with Crippen molar-refractivity contribution in [2.24, 2.45) is 0 Å². The number of hydrogen-bond acceptors (Lipinski definition) is 2. The molecule has 304 valence electrons. The summed E-state index contributed by atoms with van der Waals surface area (Å²) in [6.45, 7) is 0. The van der Waals surface area contributed by atoms with Crippen LogP contribution < -0.4 is 9.80 Å². The number of para-hydroxylation sites is 3. The Bertz CT molecular complexity index is 3490. The third-order valence-electron chi connectivity index (χ3n) is 13.8. The van der Waals surface area contributed by atoms with E-state index in [9.17, 15) is 0 Å². The van der Waals surface area contributed by atoms with Gasteiger partial charge in [-0.15, -0.1) is 0 Å². The van der Waals surface area contributed by atoms with Gasteiger partial charge in [0.15, 0.2) is 0 Å². The van der Waals surface area contributed by atoms with E-state index in [0.717, 1.165) is 17.1 Å². The summed E-state index contributed by atoms with van der Waals surface area (Å²) in [6, 6.07) is 94.1. The molecule has 2 heterocycles. The second-order valence-corrected chi connectivity index (χ2v) is 17.2. The minimum atomic E-state index is -0.678. The van der Waals surface area contributed by atoms with E-state index >= 15 is 0 Å². The van der Waals surface area contributed by atoms with Crippen LogP contribution >= 0.6 is 0 Å². The van der Waals surface area contributed by atoms with Gasteiger partial charge in [0.2, 0.25) is 0 Å². The van der Waals surface area contributed by atoms with Crippen LogP contribution in [0.5, 0.6) is 0 Å². The SMILES string of the molecule is c1ccc(-c2ccc(N3c4ccccc4C4(c5ccccc53)c3ccccc3N(c3ccc(-c5ccccc5)cc3)c3ccc(-c5cc6ccccc6c6ccccc56)cc34)cc2)cc1. The molecule has 2 aliphatic rings. The molecule has 0 bridgehead atoms. The lowest BCUT2D eigenvalue weighted by Gasteiger charge is -2.51. The van der Waals surface area contributed by atoms with Crippen molar-refractivity contribution in [1.82, 2.24) is 0 Å². The molecule has 0 N–H and O–H groups in total. The maximum absolute atomic E-state index is 2.52. The molecule has 0 aromatic heterocycles. The molecule has 0 unspecified atom stereocenters. The van der Waals surface area contributed by atoms with Gasteiger partial charge >= 0.3 is 0 Å². The summed E-state index contributed by atoms with van der Waals surface area (Å²) >= 11 is 0. The smallest absolute Gasteiger partial charge is 0.0783 e. The van der Waals surface area contributed by atoms with E-state index in [1.54, 1.807) is 0 Å². The van der Waals surface area contributed by atoms with Crippen molar-refractivity contribution >= 4 is 55.7 Å². The lowest BCUT2D eigenvalue weighted by atomic mass is 9.60. The third-order valence-corrected chi connectivity index (χ3v) is 13.8. The molecule has 11 aromatic rings. The molecule has 0 saturated carbocycles. The van der Waals surface area contributed by atoms with Crippen LogP contribution in [-0.2, 0) is 5.41 Å². The van der Waals surface area contributed by atoms with Crippen LogP contribution in [0.25, 0.3) is 54.9 Å². The second-order valence-electron chi connectivity index (χ2n) is 17.2. The highest BCUT2D eigenvalue weighted by Gasteiger charge is 2.52. The number of nitrogens with zero attached hydrogens (tertiary/aromatic N) is 2. The van der Waals surface area contributed by atoms with E-state index in [2.05, 4.69) is 265 Å². The van der Waals surface area contributed by atoms with Gasteiger partial charge in [-0.2, -0.15) is 0 Å². The number of rotatable bonds is 5. The Morgan fingerprint density at radius 2 is 0.631 bits per heavy atom. The number of hydrogen-bond donors (Lipinski definition) is 0. The molecule has 0 saturated heterocycles. The van der Waals surface area contributed by atoms with Crippen molar-refractivity contribution in [3.05, 3.63) is 277 Å². The first-order valence-corrected chi connectivity index (χ1v) is 22.5. The van der Waals surface area contributed by atoms with Gasteiger partial charge in [0.05, 0.1) is 28.2 Å².